The molecule has 434 valence electrons. The highest BCUT2D eigenvalue weighted by atomic mass is 16.6. The van der Waals surface area contributed by atoms with Crippen molar-refractivity contribution in [2.75, 3.05) is 13.2 Å². The molecule has 0 aromatic carbocycles. The predicted molar refractivity (Wildman–Crippen MR) is 334 cm³/mol. The maximum Gasteiger partial charge on any atom is 0.306 e. The normalized spacial score (nSPS) is 13.1. The second kappa shape index (κ2) is 63.8. The Labute approximate surface area is 474 Å². The summed E-state index contributed by atoms with van der Waals surface area (Å²) in [7, 11) is 0. The van der Waals surface area contributed by atoms with Gasteiger partial charge < -0.3 is 14.2 Å². The molecule has 0 amide bonds. The quantitative estimate of drug-likeness (QED) is 0.0261. The van der Waals surface area contributed by atoms with Crippen molar-refractivity contribution in [3.8, 4) is 0 Å². The van der Waals surface area contributed by atoms with Gasteiger partial charge in [-0.3, -0.25) is 14.4 Å². The van der Waals surface area contributed by atoms with Gasteiger partial charge in [0.25, 0.3) is 0 Å². The maximum absolute atomic E-state index is 12.9. The fourth-order valence-electron chi connectivity index (χ4n) is 8.21. The van der Waals surface area contributed by atoms with Crippen LogP contribution in [0.4, 0.5) is 0 Å². The van der Waals surface area contributed by atoms with Gasteiger partial charge in [-0.05, 0) is 122 Å². The van der Waals surface area contributed by atoms with Gasteiger partial charge in [-0.25, -0.2) is 0 Å². The third-order valence-corrected chi connectivity index (χ3v) is 12.8. The summed E-state index contributed by atoms with van der Waals surface area (Å²) in [6.07, 6.45) is 91.5. The van der Waals surface area contributed by atoms with Crippen LogP contribution < -0.4 is 0 Å². The summed E-state index contributed by atoms with van der Waals surface area (Å²) in [5.74, 6) is -0.923. The molecule has 0 aliphatic rings. The second-order valence-electron chi connectivity index (χ2n) is 20.2. The van der Waals surface area contributed by atoms with Crippen LogP contribution in [0.5, 0.6) is 0 Å². The standard InChI is InChI=1S/C71H114O6/c1-4-7-10-13-16-18-20-22-24-26-28-30-32-34-35-37-38-40-42-44-46-48-50-52-55-58-61-64-70(73)76-67-68(66-75-69(72)63-60-57-54-15-12-9-6-3)77-71(74)65-62-59-56-53-51-49-47-45-43-41-39-36-33-31-29-27-25-23-21-19-17-14-11-8-5-2/h7-8,10-11,16-19,22-25,28-31,34-36,38-40,43,45,68H,4-6,9,12-15,20-21,26-27,32-33,37,41-42,44,46-67H2,1-3H3/b10-7-,11-8-,18-16-,19-17-,24-22-,25-23-,30-28-,31-29-,35-34-,39-36-,40-38-,45-43-. The lowest BCUT2D eigenvalue weighted by atomic mass is 10.1. The molecule has 0 saturated heterocycles. The molecule has 0 aliphatic heterocycles. The molecule has 0 rings (SSSR count). The molecule has 6 heteroatoms. The number of hydrogen-bond acceptors (Lipinski definition) is 6. The third-order valence-electron chi connectivity index (χ3n) is 12.8. The van der Waals surface area contributed by atoms with Crippen molar-refractivity contribution in [1.82, 2.24) is 0 Å². The molecule has 0 heterocycles. The van der Waals surface area contributed by atoms with E-state index in [0.29, 0.717) is 19.3 Å². The summed E-state index contributed by atoms with van der Waals surface area (Å²) >= 11 is 0. The first-order chi connectivity index (χ1) is 38.0. The van der Waals surface area contributed by atoms with Crippen LogP contribution in [0.2, 0.25) is 0 Å². The number of rotatable bonds is 55. The van der Waals surface area contributed by atoms with Gasteiger partial charge in [0.15, 0.2) is 6.10 Å². The Morgan fingerprint density at radius 3 is 0.792 bits per heavy atom. The van der Waals surface area contributed by atoms with E-state index in [2.05, 4.69) is 167 Å². The molecule has 0 aromatic heterocycles. The van der Waals surface area contributed by atoms with Gasteiger partial charge in [0.05, 0.1) is 0 Å². The number of carbonyl (C=O) groups excluding carboxylic acids is 3. The first-order valence-corrected chi connectivity index (χ1v) is 31.3. The monoisotopic (exact) mass is 1060 g/mol. The number of ether oxygens (including phenoxy) is 3. The Morgan fingerprint density at radius 2 is 0.506 bits per heavy atom. The van der Waals surface area contributed by atoms with Crippen molar-refractivity contribution in [1.29, 1.82) is 0 Å². The Bertz CT molecular complexity index is 1700. The van der Waals surface area contributed by atoms with Crippen molar-refractivity contribution >= 4 is 17.9 Å². The highest BCUT2D eigenvalue weighted by Gasteiger charge is 2.19. The fraction of sp³-hybridized carbons (Fsp3) is 0.620. The first-order valence-electron chi connectivity index (χ1n) is 31.3. The van der Waals surface area contributed by atoms with Crippen LogP contribution in [0.15, 0.2) is 146 Å². The van der Waals surface area contributed by atoms with Gasteiger partial charge in [-0.2, -0.15) is 0 Å². The zero-order chi connectivity index (χ0) is 55.7. The number of hydrogen-bond donors (Lipinski definition) is 0. The van der Waals surface area contributed by atoms with Crippen LogP contribution in [0.3, 0.4) is 0 Å². The second-order valence-corrected chi connectivity index (χ2v) is 20.2. The first kappa shape index (κ1) is 72.3. The molecule has 0 aliphatic carbocycles. The van der Waals surface area contributed by atoms with Crippen LogP contribution in [0, 0.1) is 0 Å². The Kier molecular flexibility index (Phi) is 59.9. The van der Waals surface area contributed by atoms with Crippen LogP contribution in [0.1, 0.15) is 265 Å². The van der Waals surface area contributed by atoms with E-state index in [9.17, 15) is 14.4 Å². The topological polar surface area (TPSA) is 78.9 Å². The molecule has 1 unspecified atom stereocenters. The van der Waals surface area contributed by atoms with Gasteiger partial charge in [0, 0.05) is 19.3 Å². The molecule has 0 spiro atoms. The zero-order valence-electron chi connectivity index (χ0n) is 49.7. The minimum absolute atomic E-state index is 0.0908. The minimum atomic E-state index is -0.794. The average Bonchev–Trinajstić information content (AvgIpc) is 3.43. The summed E-state index contributed by atoms with van der Waals surface area (Å²) in [5, 5.41) is 0. The number of unbranched alkanes of at least 4 members (excludes halogenated alkanes) is 20. The van der Waals surface area contributed by atoms with E-state index in [1.54, 1.807) is 0 Å². The SMILES string of the molecule is CC/C=C\C/C=C\C/C=C\C/C=C\C/C=C\C/C=C\CCCCCCCCCCC(=O)OCC(COC(=O)CCCCCCCCC)OC(=O)CCCCCCCC/C=C\C/C=C\C/C=C\C/C=C\C/C=C\C/C=C\CC. The molecule has 0 radical (unpaired) electrons. The molecule has 6 nitrogen and oxygen atoms in total. The molecular weight excluding hydrogens is 949 g/mol. The van der Waals surface area contributed by atoms with Crippen molar-refractivity contribution in [3.63, 3.8) is 0 Å². The molecule has 1 atom stereocenters. The number of esters is 3. The van der Waals surface area contributed by atoms with E-state index in [0.717, 1.165) is 154 Å². The van der Waals surface area contributed by atoms with Crippen molar-refractivity contribution in [2.24, 2.45) is 0 Å². The van der Waals surface area contributed by atoms with Gasteiger partial charge in [-0.1, -0.05) is 269 Å². The van der Waals surface area contributed by atoms with Crippen LogP contribution in [-0.2, 0) is 28.6 Å². The lowest BCUT2D eigenvalue weighted by Crippen LogP contribution is -2.30. The van der Waals surface area contributed by atoms with Gasteiger partial charge >= 0.3 is 17.9 Å². The largest absolute Gasteiger partial charge is 0.462 e. The van der Waals surface area contributed by atoms with Gasteiger partial charge in [0.1, 0.15) is 13.2 Å². The van der Waals surface area contributed by atoms with Crippen molar-refractivity contribution in [2.45, 2.75) is 271 Å². The Morgan fingerprint density at radius 1 is 0.273 bits per heavy atom. The molecule has 0 fully saturated rings. The van der Waals surface area contributed by atoms with E-state index in [4.69, 9.17) is 14.2 Å². The number of carbonyl (C=O) groups is 3. The van der Waals surface area contributed by atoms with Gasteiger partial charge in [0.2, 0.25) is 0 Å². The summed E-state index contributed by atoms with van der Waals surface area (Å²) in [5.41, 5.74) is 0. The lowest BCUT2D eigenvalue weighted by Gasteiger charge is -2.18. The van der Waals surface area contributed by atoms with E-state index in [1.165, 1.54) is 70.6 Å². The third kappa shape index (κ3) is 62.0. The Balaban J connectivity index is 4.24. The lowest BCUT2D eigenvalue weighted by molar-refractivity contribution is -0.167. The predicted octanol–water partition coefficient (Wildman–Crippen LogP) is 21.5. The van der Waals surface area contributed by atoms with Crippen LogP contribution in [0.25, 0.3) is 0 Å². The Hall–Kier alpha value is -4.71. The zero-order valence-corrected chi connectivity index (χ0v) is 49.7. The van der Waals surface area contributed by atoms with Crippen molar-refractivity contribution < 1.29 is 28.6 Å². The summed E-state index contributed by atoms with van der Waals surface area (Å²) < 4.78 is 16.8. The van der Waals surface area contributed by atoms with Crippen LogP contribution >= 0.6 is 0 Å². The molecular formula is C71H114O6. The molecule has 0 aromatic rings. The van der Waals surface area contributed by atoms with E-state index < -0.39 is 6.10 Å². The fourth-order valence-corrected chi connectivity index (χ4v) is 8.21. The molecule has 0 saturated carbocycles. The van der Waals surface area contributed by atoms with Gasteiger partial charge in [-0.15, -0.1) is 0 Å². The summed E-state index contributed by atoms with van der Waals surface area (Å²) in [4.78, 5) is 38.1. The minimum Gasteiger partial charge on any atom is -0.462 e. The van der Waals surface area contributed by atoms with E-state index in [-0.39, 0.29) is 31.1 Å². The van der Waals surface area contributed by atoms with E-state index in [1.807, 2.05) is 0 Å². The molecule has 0 bridgehead atoms. The smallest absolute Gasteiger partial charge is 0.306 e. The summed E-state index contributed by atoms with van der Waals surface area (Å²) in [6, 6.07) is 0. The maximum atomic E-state index is 12.9. The van der Waals surface area contributed by atoms with Crippen LogP contribution in [-0.4, -0.2) is 37.2 Å². The van der Waals surface area contributed by atoms with Crippen molar-refractivity contribution in [3.05, 3.63) is 146 Å². The highest BCUT2D eigenvalue weighted by molar-refractivity contribution is 5.71. The molecule has 0 N–H and O–H groups in total. The van der Waals surface area contributed by atoms with E-state index >= 15 is 0 Å². The average molecular weight is 1060 g/mol. The summed E-state index contributed by atoms with van der Waals surface area (Å²) in [6.45, 7) is 6.35. The highest BCUT2D eigenvalue weighted by Crippen LogP contribution is 2.14. The number of allylic oxidation sites excluding steroid dienone is 24. The molecule has 77 heavy (non-hydrogen) atoms.